The van der Waals surface area contributed by atoms with Crippen molar-refractivity contribution in [2.45, 2.75) is 30.4 Å². The van der Waals surface area contributed by atoms with Crippen LogP contribution >= 0.6 is 11.6 Å². The highest BCUT2D eigenvalue weighted by Gasteiger charge is 2.59. The van der Waals surface area contributed by atoms with Crippen molar-refractivity contribution in [2.75, 3.05) is 0 Å². The van der Waals surface area contributed by atoms with Crippen molar-refractivity contribution in [3.63, 3.8) is 0 Å². The summed E-state index contributed by atoms with van der Waals surface area (Å²) in [4.78, 5) is 3.83. The summed E-state index contributed by atoms with van der Waals surface area (Å²) in [5, 5.41) is -3.22. The van der Waals surface area contributed by atoms with Gasteiger partial charge < -0.3 is 4.57 Å². The van der Waals surface area contributed by atoms with Crippen LogP contribution < -0.4 is 0 Å². The van der Waals surface area contributed by atoms with Gasteiger partial charge in [0, 0.05) is 12.6 Å². The smallest absolute Gasteiger partial charge is 0.328 e. The first-order chi connectivity index (χ1) is 14.0. The van der Waals surface area contributed by atoms with Gasteiger partial charge in [0.05, 0.1) is 27.7 Å². The van der Waals surface area contributed by atoms with Gasteiger partial charge in [0.25, 0.3) is 0 Å². The minimum Gasteiger partial charge on any atom is -0.328 e. The maximum absolute atomic E-state index is 13.4. The first kappa shape index (κ1) is 25.1. The van der Waals surface area contributed by atoms with Gasteiger partial charge in [-0.2, -0.15) is 35.1 Å². The summed E-state index contributed by atoms with van der Waals surface area (Å²) in [7, 11) is -2.01. The maximum Gasteiger partial charge on any atom is 0.459 e. The third-order valence-electron chi connectivity index (χ3n) is 4.34. The molecule has 0 aliphatic carbocycles. The van der Waals surface area contributed by atoms with Crippen LogP contribution in [0.2, 0.25) is 0 Å². The Hall–Kier alpha value is -2.15. The number of benzene rings is 1. The molecule has 1 heterocycles. The molecule has 2 aromatic rings. The standard InChI is InChI=1S/C17H13ClF8N2O2S/c1-8(31(29)30)12-5-9(16(21,22)23)3-4-11(12)14-27-7-10(28(14)2)6-13(18)15(19,20)17(24,25)26/h3-8,31H,1-2H3/b13-6-. The molecule has 2 rings (SSSR count). The minimum atomic E-state index is -5.95. The van der Waals surface area contributed by atoms with Gasteiger partial charge in [-0.15, -0.1) is 0 Å². The Morgan fingerprint density at radius 2 is 1.71 bits per heavy atom. The molecule has 0 saturated carbocycles. The zero-order chi connectivity index (χ0) is 23.9. The van der Waals surface area contributed by atoms with E-state index in [1.807, 2.05) is 0 Å². The van der Waals surface area contributed by atoms with E-state index in [9.17, 15) is 43.5 Å². The first-order valence-corrected chi connectivity index (χ1v) is 9.80. The molecule has 1 aromatic heterocycles. The first-order valence-electron chi connectivity index (χ1n) is 8.17. The number of aromatic nitrogens is 2. The Labute approximate surface area is 177 Å². The van der Waals surface area contributed by atoms with Crippen LogP contribution in [0.1, 0.15) is 29.0 Å². The molecule has 0 fully saturated rings. The molecule has 1 unspecified atom stereocenters. The van der Waals surface area contributed by atoms with Crippen LogP contribution in [-0.2, 0) is 23.9 Å². The number of hydrogen-bond donors (Lipinski definition) is 1. The number of rotatable bonds is 5. The number of thiol groups is 1. The molecular weight excluding hydrogens is 484 g/mol. The van der Waals surface area contributed by atoms with E-state index in [-0.39, 0.29) is 22.6 Å². The topological polar surface area (TPSA) is 52.0 Å². The van der Waals surface area contributed by atoms with E-state index in [0.717, 1.165) is 23.8 Å². The highest BCUT2D eigenvalue weighted by Crippen LogP contribution is 2.43. The number of allylic oxidation sites excluding steroid dienone is 1. The summed E-state index contributed by atoms with van der Waals surface area (Å²) in [5.74, 6) is -5.51. The Bertz CT molecular complexity index is 1080. The Morgan fingerprint density at radius 1 is 1.13 bits per heavy atom. The van der Waals surface area contributed by atoms with E-state index in [1.165, 1.54) is 7.05 Å². The fourth-order valence-corrected chi connectivity index (χ4v) is 3.22. The summed E-state index contributed by atoms with van der Waals surface area (Å²) < 4.78 is 127. The van der Waals surface area contributed by atoms with E-state index in [1.54, 1.807) is 0 Å². The third-order valence-corrected chi connectivity index (χ3v) is 5.60. The van der Waals surface area contributed by atoms with Gasteiger partial charge in [0.1, 0.15) is 16.5 Å². The van der Waals surface area contributed by atoms with Crippen LogP contribution in [0.5, 0.6) is 0 Å². The molecule has 1 atom stereocenters. The molecule has 172 valence electrons. The molecule has 0 bridgehead atoms. The van der Waals surface area contributed by atoms with Crippen molar-refractivity contribution in [1.82, 2.24) is 9.55 Å². The van der Waals surface area contributed by atoms with Gasteiger partial charge in [-0.3, -0.25) is 0 Å². The number of nitrogens with zero attached hydrogens (tertiary/aromatic N) is 2. The summed E-state index contributed by atoms with van der Waals surface area (Å²) in [6.07, 6.45) is -9.54. The normalized spacial score (nSPS) is 14.9. The molecule has 0 saturated heterocycles. The maximum atomic E-state index is 13.4. The molecule has 0 aliphatic rings. The summed E-state index contributed by atoms with van der Waals surface area (Å²) >= 11 is 5.16. The second-order valence-corrected chi connectivity index (χ2v) is 8.14. The molecule has 0 amide bonds. The van der Waals surface area contributed by atoms with Crippen molar-refractivity contribution in [1.29, 1.82) is 0 Å². The van der Waals surface area contributed by atoms with Gasteiger partial charge in [-0.1, -0.05) is 17.7 Å². The average molecular weight is 497 g/mol. The molecule has 0 spiro atoms. The van der Waals surface area contributed by atoms with E-state index in [4.69, 9.17) is 11.6 Å². The Morgan fingerprint density at radius 3 is 2.19 bits per heavy atom. The van der Waals surface area contributed by atoms with Crippen molar-refractivity contribution >= 4 is 28.4 Å². The molecule has 0 radical (unpaired) electrons. The van der Waals surface area contributed by atoms with Crippen LogP contribution in [0.25, 0.3) is 17.5 Å². The summed E-state index contributed by atoms with van der Waals surface area (Å²) in [6.45, 7) is 1.13. The Balaban J connectivity index is 2.64. The van der Waals surface area contributed by atoms with E-state index < -0.39 is 44.8 Å². The van der Waals surface area contributed by atoms with E-state index in [2.05, 4.69) is 4.98 Å². The minimum absolute atomic E-state index is 0.0828. The monoisotopic (exact) mass is 496 g/mol. The van der Waals surface area contributed by atoms with Gasteiger partial charge in [-0.05, 0) is 30.7 Å². The summed E-state index contributed by atoms with van der Waals surface area (Å²) in [6, 6.07) is 2.22. The second-order valence-electron chi connectivity index (χ2n) is 6.39. The molecule has 31 heavy (non-hydrogen) atoms. The van der Waals surface area contributed by atoms with E-state index in [0.29, 0.717) is 18.2 Å². The predicted octanol–water partition coefficient (Wildman–Crippen LogP) is 5.56. The number of imidazole rings is 1. The predicted molar refractivity (Wildman–Crippen MR) is 97.2 cm³/mol. The molecule has 4 nitrogen and oxygen atoms in total. The zero-order valence-corrected chi connectivity index (χ0v) is 17.2. The highest BCUT2D eigenvalue weighted by atomic mass is 35.5. The van der Waals surface area contributed by atoms with Gasteiger partial charge in [0.15, 0.2) is 0 Å². The molecule has 14 heteroatoms. The number of alkyl halides is 8. The third kappa shape index (κ3) is 5.03. The van der Waals surface area contributed by atoms with Crippen LogP contribution in [0, 0.1) is 0 Å². The average Bonchev–Trinajstić information content (AvgIpc) is 2.99. The number of hydrogen-bond acceptors (Lipinski definition) is 3. The molecule has 0 N–H and O–H groups in total. The fraction of sp³-hybridized carbons (Fsp3) is 0.353. The van der Waals surface area contributed by atoms with Crippen LogP contribution in [0.15, 0.2) is 29.4 Å². The Kier molecular flexibility index (Phi) is 6.82. The second kappa shape index (κ2) is 8.41. The van der Waals surface area contributed by atoms with Crippen LogP contribution in [0.4, 0.5) is 35.1 Å². The van der Waals surface area contributed by atoms with E-state index >= 15 is 0 Å². The lowest BCUT2D eigenvalue weighted by molar-refractivity contribution is -0.261. The lowest BCUT2D eigenvalue weighted by atomic mass is 10.0. The van der Waals surface area contributed by atoms with Gasteiger partial charge >= 0.3 is 18.3 Å². The molecule has 0 aliphatic heterocycles. The van der Waals surface area contributed by atoms with Crippen molar-refractivity contribution in [2.24, 2.45) is 7.05 Å². The molecular formula is C17H13ClF8N2O2S. The van der Waals surface area contributed by atoms with Gasteiger partial charge in [-0.25, -0.2) is 13.4 Å². The quantitative estimate of drug-likeness (QED) is 0.436. The largest absolute Gasteiger partial charge is 0.459 e. The SMILES string of the molecule is CC(c1cc(C(F)(F)F)ccc1-c1ncc(/C=C(\Cl)C(F)(F)C(F)(F)F)n1C)[SH](=O)=O. The van der Waals surface area contributed by atoms with Gasteiger partial charge in [0.2, 0.25) is 0 Å². The van der Waals surface area contributed by atoms with Crippen molar-refractivity contribution in [3.8, 4) is 11.4 Å². The fourth-order valence-electron chi connectivity index (χ4n) is 2.56. The van der Waals surface area contributed by atoms with Crippen LogP contribution in [-0.4, -0.2) is 30.1 Å². The van der Waals surface area contributed by atoms with Crippen molar-refractivity contribution < 1.29 is 43.5 Å². The summed E-state index contributed by atoms with van der Waals surface area (Å²) in [5.41, 5.74) is -1.81. The highest BCUT2D eigenvalue weighted by molar-refractivity contribution is 7.72. The van der Waals surface area contributed by atoms with Crippen molar-refractivity contribution in [3.05, 3.63) is 46.2 Å². The zero-order valence-electron chi connectivity index (χ0n) is 15.5. The molecule has 1 aromatic carbocycles. The lowest BCUT2D eigenvalue weighted by Gasteiger charge is -2.19. The lowest BCUT2D eigenvalue weighted by Crippen LogP contribution is -2.36. The van der Waals surface area contributed by atoms with Crippen LogP contribution in [0.3, 0.4) is 0 Å². The number of halogens is 9.